The van der Waals surface area contributed by atoms with E-state index in [2.05, 4.69) is 106 Å². The number of nitrogens with zero attached hydrogens (tertiary/aromatic N) is 4. The topological polar surface area (TPSA) is 58.0 Å². The van der Waals surface area contributed by atoms with Crippen LogP contribution in [0.2, 0.25) is 0 Å². The van der Waals surface area contributed by atoms with Crippen LogP contribution in [0.25, 0.3) is 99.3 Å². The third-order valence-electron chi connectivity index (χ3n) is 10.3. The second-order valence-corrected chi connectivity index (χ2v) is 12.9. The van der Waals surface area contributed by atoms with Gasteiger partial charge in [-0.25, -0.2) is 9.97 Å². The summed E-state index contributed by atoms with van der Waals surface area (Å²) < 4.78 is 17.8. The molecule has 0 aliphatic carbocycles. The van der Waals surface area contributed by atoms with Gasteiger partial charge in [0.25, 0.3) is 0 Å². The predicted molar refractivity (Wildman–Crippen MR) is 201 cm³/mol. The average Bonchev–Trinajstić information content (AvgIpc) is 3.83. The van der Waals surface area contributed by atoms with Gasteiger partial charge in [0.1, 0.15) is 22.6 Å². The van der Waals surface area contributed by atoms with Crippen LogP contribution in [0.3, 0.4) is 0 Å². The largest absolute Gasteiger partial charge is 0.456 e. The lowest BCUT2D eigenvalue weighted by Crippen LogP contribution is -2.07. The summed E-state index contributed by atoms with van der Waals surface area (Å²) in [6.45, 7) is 0. The van der Waals surface area contributed by atoms with Crippen LogP contribution in [-0.2, 0) is 0 Å². The van der Waals surface area contributed by atoms with Crippen molar-refractivity contribution >= 4 is 76.5 Å². The van der Waals surface area contributed by atoms with Crippen LogP contribution in [0.15, 0.2) is 150 Å². The molecule has 0 saturated heterocycles. The van der Waals surface area contributed by atoms with Crippen LogP contribution in [0.4, 0.5) is 0 Å². The summed E-state index contributed by atoms with van der Waals surface area (Å²) in [5.74, 6) is 2.12. The van der Waals surface area contributed by atoms with Crippen LogP contribution in [0.5, 0.6) is 11.5 Å². The van der Waals surface area contributed by atoms with Gasteiger partial charge in [0.15, 0.2) is 5.58 Å². The number of hydrogen-bond donors (Lipinski definition) is 0. The zero-order valence-corrected chi connectivity index (χ0v) is 26.5. The summed E-state index contributed by atoms with van der Waals surface area (Å²) in [6, 6.07) is 50.5. The van der Waals surface area contributed by atoms with Gasteiger partial charge < -0.3 is 13.7 Å². The van der Waals surface area contributed by atoms with Crippen molar-refractivity contribution in [1.82, 2.24) is 19.1 Å². The highest BCUT2D eigenvalue weighted by Crippen LogP contribution is 2.48. The van der Waals surface area contributed by atoms with Gasteiger partial charge in [0.05, 0.1) is 33.1 Å². The first-order valence-corrected chi connectivity index (χ1v) is 16.8. The van der Waals surface area contributed by atoms with Crippen molar-refractivity contribution in [3.8, 4) is 34.4 Å². The van der Waals surface area contributed by atoms with E-state index < -0.39 is 0 Å². The standard InChI is InChI=1S/C44H24N4O2/c1-2-11-25(12-3-1)47-34-17-7-4-13-26(34)28-21-22-29-30-23-24-31-27-14-5-8-18-35(27)50-43(31)42(30)48(41(29)40(28)47)44-45-33-16-10-20-37-38(33)39(46-44)32-15-6-9-19-36(32)49-37/h1-24H. The first-order valence-electron chi connectivity index (χ1n) is 16.8. The van der Waals surface area contributed by atoms with Crippen molar-refractivity contribution in [2.45, 2.75) is 0 Å². The van der Waals surface area contributed by atoms with Gasteiger partial charge >= 0.3 is 0 Å². The molecule has 0 fully saturated rings. The molecule has 1 aliphatic rings. The van der Waals surface area contributed by atoms with Crippen LogP contribution in [0.1, 0.15) is 0 Å². The van der Waals surface area contributed by atoms with Crippen LogP contribution in [-0.4, -0.2) is 19.1 Å². The number of ether oxygens (including phenoxy) is 1. The van der Waals surface area contributed by atoms with Gasteiger partial charge in [0, 0.05) is 43.6 Å². The Balaban J connectivity index is 1.35. The summed E-state index contributed by atoms with van der Waals surface area (Å²) >= 11 is 0. The molecular weight excluding hydrogens is 617 g/mol. The summed E-state index contributed by atoms with van der Waals surface area (Å²) in [7, 11) is 0. The molecule has 0 saturated carbocycles. The number of hydrogen-bond acceptors (Lipinski definition) is 4. The Labute approximate surface area is 284 Å². The van der Waals surface area contributed by atoms with Gasteiger partial charge in [-0.1, -0.05) is 91.0 Å². The number of fused-ring (bicyclic) bond motifs is 13. The maximum atomic E-state index is 6.77. The number of furan rings is 1. The number of aromatic nitrogens is 4. The first kappa shape index (κ1) is 26.1. The molecule has 6 heteroatoms. The molecule has 4 aromatic heterocycles. The van der Waals surface area contributed by atoms with Gasteiger partial charge in [-0.2, -0.15) is 0 Å². The summed E-state index contributed by atoms with van der Waals surface area (Å²) in [6.07, 6.45) is 0. The molecule has 0 bridgehead atoms. The molecule has 7 aromatic carbocycles. The van der Waals surface area contributed by atoms with E-state index in [9.17, 15) is 0 Å². The second kappa shape index (κ2) is 9.36. The highest BCUT2D eigenvalue weighted by atomic mass is 16.5. The smallest absolute Gasteiger partial charge is 0.236 e. The van der Waals surface area contributed by atoms with E-state index in [0.717, 1.165) is 99.5 Å². The van der Waals surface area contributed by atoms with Gasteiger partial charge in [0.2, 0.25) is 5.95 Å². The van der Waals surface area contributed by atoms with Crippen molar-refractivity contribution in [3.05, 3.63) is 146 Å². The first-order chi connectivity index (χ1) is 24.8. The molecule has 0 atom stereocenters. The van der Waals surface area contributed by atoms with E-state index in [-0.39, 0.29) is 0 Å². The zero-order chi connectivity index (χ0) is 32.5. The van der Waals surface area contributed by atoms with E-state index in [1.165, 1.54) is 5.39 Å². The lowest BCUT2D eigenvalue weighted by Gasteiger charge is -2.21. The Bertz CT molecular complexity index is 3240. The minimum Gasteiger partial charge on any atom is -0.456 e. The second-order valence-electron chi connectivity index (χ2n) is 12.9. The molecular formula is C44H24N4O2. The number of para-hydroxylation sites is 4. The van der Waals surface area contributed by atoms with Crippen LogP contribution >= 0.6 is 0 Å². The molecule has 0 radical (unpaired) electrons. The molecule has 232 valence electrons. The summed E-state index contributed by atoms with van der Waals surface area (Å²) in [5, 5.41) is 7.57. The summed E-state index contributed by atoms with van der Waals surface area (Å²) in [5.41, 5.74) is 9.54. The maximum Gasteiger partial charge on any atom is 0.236 e. The molecule has 5 heterocycles. The molecule has 11 aromatic rings. The quantitative estimate of drug-likeness (QED) is 0.189. The van der Waals surface area contributed by atoms with Gasteiger partial charge in [-0.05, 0) is 54.6 Å². The lowest BCUT2D eigenvalue weighted by molar-refractivity contribution is 0.486. The number of benzene rings is 7. The molecule has 0 spiro atoms. The van der Waals surface area contributed by atoms with Gasteiger partial charge in [-0.3, -0.25) is 4.57 Å². The monoisotopic (exact) mass is 640 g/mol. The molecule has 6 nitrogen and oxygen atoms in total. The van der Waals surface area contributed by atoms with Crippen molar-refractivity contribution in [1.29, 1.82) is 0 Å². The molecule has 1 aliphatic heterocycles. The molecule has 0 N–H and O–H groups in total. The average molecular weight is 641 g/mol. The van der Waals surface area contributed by atoms with Crippen molar-refractivity contribution in [2.24, 2.45) is 0 Å². The van der Waals surface area contributed by atoms with Crippen LogP contribution < -0.4 is 4.74 Å². The van der Waals surface area contributed by atoms with Crippen molar-refractivity contribution in [2.75, 3.05) is 0 Å². The van der Waals surface area contributed by atoms with E-state index >= 15 is 0 Å². The highest BCUT2D eigenvalue weighted by Gasteiger charge is 2.28. The Morgan fingerprint density at radius 2 is 1.14 bits per heavy atom. The van der Waals surface area contributed by atoms with Gasteiger partial charge in [-0.15, -0.1) is 0 Å². The third-order valence-corrected chi connectivity index (χ3v) is 10.3. The molecule has 50 heavy (non-hydrogen) atoms. The Morgan fingerprint density at radius 1 is 0.460 bits per heavy atom. The SMILES string of the molecule is c1ccc(-n2c3ccccc3c3ccc4c5ccc6c7ccccc7oc6c5n(-c5nc6c7c(cccc7n5)Oc5ccccc5-6)c4c32)cc1. The van der Waals surface area contributed by atoms with E-state index in [1.54, 1.807) is 0 Å². The fourth-order valence-corrected chi connectivity index (χ4v) is 8.24. The summed E-state index contributed by atoms with van der Waals surface area (Å²) in [4.78, 5) is 10.8. The van der Waals surface area contributed by atoms with E-state index in [1.807, 2.05) is 48.5 Å². The molecule has 0 amide bonds. The number of rotatable bonds is 2. The van der Waals surface area contributed by atoms with Crippen molar-refractivity contribution in [3.63, 3.8) is 0 Å². The van der Waals surface area contributed by atoms with E-state index in [0.29, 0.717) is 5.95 Å². The van der Waals surface area contributed by atoms with Crippen LogP contribution in [0, 0.1) is 0 Å². The fourth-order valence-electron chi connectivity index (χ4n) is 8.24. The maximum absolute atomic E-state index is 6.77. The van der Waals surface area contributed by atoms with E-state index in [4.69, 9.17) is 19.1 Å². The third kappa shape index (κ3) is 3.27. The molecule has 12 rings (SSSR count). The fraction of sp³-hybridized carbons (Fsp3) is 0. The normalized spacial score (nSPS) is 12.6. The highest BCUT2D eigenvalue weighted by molar-refractivity contribution is 6.27. The zero-order valence-electron chi connectivity index (χ0n) is 26.5. The molecule has 0 unspecified atom stereocenters. The Morgan fingerprint density at radius 3 is 2.04 bits per heavy atom. The minimum absolute atomic E-state index is 0.576. The Kier molecular flexibility index (Phi) is 4.89. The Hall–Kier alpha value is -6.92. The minimum atomic E-state index is 0.576. The van der Waals surface area contributed by atoms with Crippen molar-refractivity contribution < 1.29 is 9.15 Å². The predicted octanol–water partition coefficient (Wildman–Crippen LogP) is 11.5. The lowest BCUT2D eigenvalue weighted by atomic mass is 10.0.